The second-order valence-electron chi connectivity index (χ2n) is 2.65. The smallest absolute Gasteiger partial charge is 0.134 e. The lowest BCUT2D eigenvalue weighted by atomic mass is 10.1. The highest BCUT2D eigenvalue weighted by atomic mass is 19.1. The van der Waals surface area contributed by atoms with Gasteiger partial charge in [-0.1, -0.05) is 30.3 Å². The Morgan fingerprint density at radius 1 is 1.08 bits per heavy atom. The van der Waals surface area contributed by atoms with Gasteiger partial charge in [-0.3, -0.25) is 4.98 Å². The second-order valence-corrected chi connectivity index (χ2v) is 2.65. The number of pyridine rings is 1. The predicted molar refractivity (Wildman–Crippen MR) is 48.5 cm³/mol. The van der Waals surface area contributed by atoms with Crippen LogP contribution in [0.3, 0.4) is 0 Å². The van der Waals surface area contributed by atoms with Crippen LogP contribution in [0.25, 0.3) is 11.1 Å². The second kappa shape index (κ2) is 3.35. The highest BCUT2D eigenvalue weighted by molar-refractivity contribution is 5.61. The van der Waals surface area contributed by atoms with Gasteiger partial charge in [0.2, 0.25) is 0 Å². The molecule has 0 aliphatic carbocycles. The van der Waals surface area contributed by atoms with E-state index in [0.717, 1.165) is 5.56 Å². The number of hydrogen-bond donors (Lipinski definition) is 0. The first-order chi connectivity index (χ1) is 6.38. The Kier molecular flexibility index (Phi) is 2.04. The van der Waals surface area contributed by atoms with Crippen molar-refractivity contribution in [1.82, 2.24) is 4.98 Å². The minimum atomic E-state index is -0.291. The van der Waals surface area contributed by atoms with E-state index in [4.69, 9.17) is 0 Å². The van der Waals surface area contributed by atoms with E-state index in [1.165, 1.54) is 12.3 Å². The van der Waals surface area contributed by atoms with Crippen LogP contribution >= 0.6 is 0 Å². The summed E-state index contributed by atoms with van der Waals surface area (Å²) in [6, 6.07) is 10.6. The van der Waals surface area contributed by atoms with Crippen LogP contribution in [0.1, 0.15) is 0 Å². The summed E-state index contributed by atoms with van der Waals surface area (Å²) in [5.74, 6) is -0.291. The third-order valence-corrected chi connectivity index (χ3v) is 1.77. The molecule has 0 amide bonds. The van der Waals surface area contributed by atoms with Crippen molar-refractivity contribution in [3.05, 3.63) is 54.6 Å². The average Bonchev–Trinajstić information content (AvgIpc) is 2.20. The summed E-state index contributed by atoms with van der Waals surface area (Å²) in [4.78, 5) is 3.76. The summed E-state index contributed by atoms with van der Waals surface area (Å²) in [6.45, 7) is 0. The molecule has 63 valence electrons. The molecule has 1 heterocycles. The standard InChI is InChI=1S/C11H7FN/c12-11-6-7-13-8-10(11)9-4-2-1-3-5-9/h1-7H. The van der Waals surface area contributed by atoms with Gasteiger partial charge in [0, 0.05) is 11.8 Å². The third-order valence-electron chi connectivity index (χ3n) is 1.77. The zero-order valence-electron chi connectivity index (χ0n) is 6.87. The first kappa shape index (κ1) is 7.92. The molecule has 1 aromatic carbocycles. The maximum absolute atomic E-state index is 13.2. The molecule has 0 N–H and O–H groups in total. The van der Waals surface area contributed by atoms with E-state index < -0.39 is 0 Å². The van der Waals surface area contributed by atoms with Crippen LogP contribution in [0.15, 0.2) is 42.6 Å². The molecular weight excluding hydrogens is 165 g/mol. The van der Waals surface area contributed by atoms with Crippen LogP contribution in [0.5, 0.6) is 0 Å². The number of rotatable bonds is 1. The van der Waals surface area contributed by atoms with Crippen molar-refractivity contribution in [1.29, 1.82) is 0 Å². The van der Waals surface area contributed by atoms with Gasteiger partial charge in [0.05, 0.1) is 0 Å². The highest BCUT2D eigenvalue weighted by Crippen LogP contribution is 2.19. The molecule has 0 spiro atoms. The van der Waals surface area contributed by atoms with Crippen LogP contribution in [0, 0.1) is 12.0 Å². The lowest BCUT2D eigenvalue weighted by molar-refractivity contribution is 0.629. The summed E-state index contributed by atoms with van der Waals surface area (Å²) < 4.78 is 13.2. The van der Waals surface area contributed by atoms with E-state index in [0.29, 0.717) is 5.56 Å². The van der Waals surface area contributed by atoms with Gasteiger partial charge >= 0.3 is 0 Å². The molecule has 0 atom stereocenters. The molecule has 1 radical (unpaired) electrons. The maximum atomic E-state index is 13.2. The molecule has 0 fully saturated rings. The van der Waals surface area contributed by atoms with E-state index in [1.807, 2.05) is 30.3 Å². The fourth-order valence-corrected chi connectivity index (χ4v) is 1.15. The molecule has 0 aliphatic heterocycles. The third kappa shape index (κ3) is 1.56. The van der Waals surface area contributed by atoms with E-state index in [1.54, 1.807) is 0 Å². The molecule has 2 aromatic rings. The van der Waals surface area contributed by atoms with E-state index >= 15 is 0 Å². The summed E-state index contributed by atoms with van der Waals surface area (Å²) in [5, 5.41) is 0. The van der Waals surface area contributed by atoms with Gasteiger partial charge in [-0.05, 0) is 11.6 Å². The quantitative estimate of drug-likeness (QED) is 0.644. The molecule has 0 bridgehead atoms. The fraction of sp³-hybridized carbons (Fsp3) is 0. The van der Waals surface area contributed by atoms with Gasteiger partial charge in [-0.25, -0.2) is 4.39 Å². The van der Waals surface area contributed by atoms with Gasteiger partial charge in [-0.2, -0.15) is 0 Å². The monoisotopic (exact) mass is 172 g/mol. The van der Waals surface area contributed by atoms with Crippen molar-refractivity contribution in [2.75, 3.05) is 0 Å². The summed E-state index contributed by atoms with van der Waals surface area (Å²) in [6.07, 6.45) is 4.02. The molecule has 0 saturated carbocycles. The van der Waals surface area contributed by atoms with Crippen molar-refractivity contribution >= 4 is 0 Å². The maximum Gasteiger partial charge on any atom is 0.134 e. The van der Waals surface area contributed by atoms with Gasteiger partial charge in [0.15, 0.2) is 0 Å². The van der Waals surface area contributed by atoms with Crippen molar-refractivity contribution in [3.8, 4) is 11.1 Å². The van der Waals surface area contributed by atoms with Crippen LogP contribution in [-0.2, 0) is 0 Å². The topological polar surface area (TPSA) is 12.9 Å². The zero-order chi connectivity index (χ0) is 9.10. The lowest BCUT2D eigenvalue weighted by Gasteiger charge is -1.99. The van der Waals surface area contributed by atoms with E-state index in [9.17, 15) is 4.39 Å². The molecule has 13 heavy (non-hydrogen) atoms. The average molecular weight is 172 g/mol. The van der Waals surface area contributed by atoms with E-state index in [2.05, 4.69) is 11.2 Å². The van der Waals surface area contributed by atoms with Crippen molar-refractivity contribution in [3.63, 3.8) is 0 Å². The summed E-state index contributed by atoms with van der Waals surface area (Å²) in [7, 11) is 0. The Balaban J connectivity index is 2.54. The summed E-state index contributed by atoms with van der Waals surface area (Å²) in [5.41, 5.74) is 1.22. The Labute approximate surface area is 75.9 Å². The predicted octanol–water partition coefficient (Wildman–Crippen LogP) is 2.69. The van der Waals surface area contributed by atoms with Crippen molar-refractivity contribution in [2.24, 2.45) is 0 Å². The fourth-order valence-electron chi connectivity index (χ4n) is 1.15. The van der Waals surface area contributed by atoms with Crippen LogP contribution < -0.4 is 0 Å². The van der Waals surface area contributed by atoms with Crippen LogP contribution in [0.4, 0.5) is 4.39 Å². The molecule has 2 heteroatoms. The molecular formula is C11H7FN. The number of aromatic nitrogens is 1. The molecule has 0 unspecified atom stereocenters. The lowest BCUT2D eigenvalue weighted by Crippen LogP contribution is -1.85. The number of halogens is 1. The molecule has 1 nitrogen and oxygen atoms in total. The molecule has 0 saturated heterocycles. The van der Waals surface area contributed by atoms with Gasteiger partial charge in [0.1, 0.15) is 12.0 Å². The Morgan fingerprint density at radius 2 is 1.85 bits per heavy atom. The van der Waals surface area contributed by atoms with Gasteiger partial charge in [-0.15, -0.1) is 0 Å². The normalized spacial score (nSPS) is 9.92. The molecule has 2 rings (SSSR count). The zero-order valence-corrected chi connectivity index (χ0v) is 6.87. The molecule has 0 aliphatic rings. The minimum absolute atomic E-state index is 0.291. The number of nitrogens with zero attached hydrogens (tertiary/aromatic N) is 1. The molecule has 1 aromatic heterocycles. The Morgan fingerprint density at radius 3 is 2.54 bits per heavy atom. The Bertz CT molecular complexity index is 398. The van der Waals surface area contributed by atoms with Gasteiger partial charge in [0.25, 0.3) is 0 Å². The first-order valence-corrected chi connectivity index (χ1v) is 3.95. The van der Waals surface area contributed by atoms with Crippen molar-refractivity contribution in [2.45, 2.75) is 0 Å². The number of hydrogen-bond acceptors (Lipinski definition) is 1. The largest absolute Gasteiger partial charge is 0.254 e. The summed E-state index contributed by atoms with van der Waals surface area (Å²) >= 11 is 0. The van der Waals surface area contributed by atoms with Crippen LogP contribution in [0.2, 0.25) is 0 Å². The number of benzene rings is 1. The van der Waals surface area contributed by atoms with E-state index in [-0.39, 0.29) is 5.82 Å². The van der Waals surface area contributed by atoms with Gasteiger partial charge < -0.3 is 0 Å². The first-order valence-electron chi connectivity index (χ1n) is 3.95. The highest BCUT2D eigenvalue weighted by Gasteiger charge is 2.02. The van der Waals surface area contributed by atoms with Crippen LogP contribution in [-0.4, -0.2) is 4.98 Å². The SMILES string of the molecule is Fc1ccn[c]c1-c1ccccc1. The minimum Gasteiger partial charge on any atom is -0.254 e. The van der Waals surface area contributed by atoms with Crippen molar-refractivity contribution < 1.29 is 4.39 Å². The Hall–Kier alpha value is -1.70.